The van der Waals surface area contributed by atoms with Gasteiger partial charge < -0.3 is 10.4 Å². The van der Waals surface area contributed by atoms with Gasteiger partial charge in [-0.3, -0.25) is 9.59 Å². The van der Waals surface area contributed by atoms with E-state index < -0.39 is 11.4 Å². The Morgan fingerprint density at radius 2 is 1.96 bits per heavy atom. The molecular weight excluding hydrogens is 312 g/mol. The van der Waals surface area contributed by atoms with Crippen LogP contribution < -0.4 is 5.32 Å². The molecule has 1 aromatic rings. The standard InChI is InChI=1S/C17H26N2O3S/c1-16(2,3)14-19-12(10-23-14)9-13(20)18-11-17(15(21)22)7-5-4-6-8-17/h10H,4-9,11H2,1-3H3,(H,18,20)(H,21,22). The molecule has 0 aromatic carbocycles. The lowest BCUT2D eigenvalue weighted by Crippen LogP contribution is -2.44. The third-order valence-corrected chi connectivity index (χ3v) is 5.74. The molecule has 0 saturated heterocycles. The maximum absolute atomic E-state index is 12.1. The Kier molecular flexibility index (Phi) is 5.45. The first kappa shape index (κ1) is 17.9. The van der Waals surface area contributed by atoms with Gasteiger partial charge in [0.05, 0.1) is 22.5 Å². The molecule has 5 nitrogen and oxygen atoms in total. The number of aromatic nitrogens is 1. The summed E-state index contributed by atoms with van der Waals surface area (Å²) in [6.07, 6.45) is 4.42. The number of aliphatic carboxylic acids is 1. The molecule has 2 rings (SSSR count). The number of carboxylic acids is 1. The van der Waals surface area contributed by atoms with Crippen molar-refractivity contribution in [2.24, 2.45) is 5.41 Å². The number of rotatable bonds is 5. The number of hydrogen-bond acceptors (Lipinski definition) is 4. The van der Waals surface area contributed by atoms with E-state index in [4.69, 9.17) is 0 Å². The second kappa shape index (κ2) is 6.99. The number of carbonyl (C=O) groups is 2. The van der Waals surface area contributed by atoms with Gasteiger partial charge in [-0.05, 0) is 12.8 Å². The average molecular weight is 338 g/mol. The molecular formula is C17H26N2O3S. The number of carbonyl (C=O) groups excluding carboxylic acids is 1. The Balaban J connectivity index is 1.91. The van der Waals surface area contributed by atoms with Crippen LogP contribution in [-0.4, -0.2) is 28.5 Å². The summed E-state index contributed by atoms with van der Waals surface area (Å²) < 4.78 is 0. The molecule has 0 radical (unpaired) electrons. The van der Waals surface area contributed by atoms with Crippen molar-refractivity contribution < 1.29 is 14.7 Å². The van der Waals surface area contributed by atoms with Gasteiger partial charge in [-0.2, -0.15) is 0 Å². The molecule has 0 spiro atoms. The van der Waals surface area contributed by atoms with Crippen LogP contribution in [0.5, 0.6) is 0 Å². The maximum atomic E-state index is 12.1. The van der Waals surface area contributed by atoms with Gasteiger partial charge >= 0.3 is 5.97 Å². The highest BCUT2D eigenvalue weighted by atomic mass is 32.1. The lowest BCUT2D eigenvalue weighted by atomic mass is 9.74. The molecule has 1 heterocycles. The van der Waals surface area contributed by atoms with Crippen molar-refractivity contribution in [3.05, 3.63) is 16.1 Å². The second-order valence-electron chi connectivity index (χ2n) is 7.49. The van der Waals surface area contributed by atoms with E-state index >= 15 is 0 Å². The van der Waals surface area contributed by atoms with Crippen molar-refractivity contribution >= 4 is 23.2 Å². The van der Waals surface area contributed by atoms with Crippen molar-refractivity contribution in [3.8, 4) is 0 Å². The van der Waals surface area contributed by atoms with Crippen LogP contribution in [0.2, 0.25) is 0 Å². The van der Waals surface area contributed by atoms with Crippen molar-refractivity contribution in [2.45, 2.75) is 64.7 Å². The van der Waals surface area contributed by atoms with E-state index in [0.29, 0.717) is 12.8 Å². The molecule has 0 aliphatic heterocycles. The minimum atomic E-state index is -0.791. The Morgan fingerprint density at radius 3 is 2.48 bits per heavy atom. The first-order valence-corrected chi connectivity index (χ1v) is 9.06. The molecule has 23 heavy (non-hydrogen) atoms. The molecule has 6 heteroatoms. The highest BCUT2D eigenvalue weighted by Gasteiger charge is 2.39. The average Bonchev–Trinajstić information content (AvgIpc) is 2.94. The van der Waals surface area contributed by atoms with Gasteiger partial charge in [0.15, 0.2) is 0 Å². The monoisotopic (exact) mass is 338 g/mol. The maximum Gasteiger partial charge on any atom is 0.311 e. The molecule has 0 bridgehead atoms. The van der Waals surface area contributed by atoms with Crippen LogP contribution in [-0.2, 0) is 21.4 Å². The molecule has 1 saturated carbocycles. The number of nitrogens with zero attached hydrogens (tertiary/aromatic N) is 1. The van der Waals surface area contributed by atoms with Crippen LogP contribution in [0.4, 0.5) is 0 Å². The second-order valence-corrected chi connectivity index (χ2v) is 8.35. The van der Waals surface area contributed by atoms with Gasteiger partial charge in [-0.1, -0.05) is 40.0 Å². The van der Waals surface area contributed by atoms with Gasteiger partial charge in [0, 0.05) is 17.3 Å². The number of amides is 1. The first-order valence-electron chi connectivity index (χ1n) is 8.18. The molecule has 0 atom stereocenters. The summed E-state index contributed by atoms with van der Waals surface area (Å²) in [5, 5.41) is 15.3. The zero-order valence-electron chi connectivity index (χ0n) is 14.1. The zero-order chi connectivity index (χ0) is 17.1. The van der Waals surface area contributed by atoms with Gasteiger partial charge in [0.25, 0.3) is 0 Å². The Hall–Kier alpha value is -1.43. The Morgan fingerprint density at radius 1 is 1.30 bits per heavy atom. The van der Waals surface area contributed by atoms with Gasteiger partial charge in [-0.25, -0.2) is 4.98 Å². The van der Waals surface area contributed by atoms with E-state index in [1.165, 1.54) is 0 Å². The normalized spacial score (nSPS) is 17.7. The lowest BCUT2D eigenvalue weighted by molar-refractivity contribution is -0.151. The lowest BCUT2D eigenvalue weighted by Gasteiger charge is -2.33. The smallest absolute Gasteiger partial charge is 0.311 e. The summed E-state index contributed by atoms with van der Waals surface area (Å²) in [4.78, 5) is 28.2. The predicted octanol–water partition coefficient (Wildman–Crippen LogP) is 3.13. The molecule has 1 amide bonds. The molecule has 1 aliphatic carbocycles. The van der Waals surface area contributed by atoms with Gasteiger partial charge in [0.2, 0.25) is 5.91 Å². The topological polar surface area (TPSA) is 79.3 Å². The van der Waals surface area contributed by atoms with Crippen LogP contribution in [0.15, 0.2) is 5.38 Å². The highest BCUT2D eigenvalue weighted by Crippen LogP contribution is 2.36. The zero-order valence-corrected chi connectivity index (χ0v) is 15.0. The largest absolute Gasteiger partial charge is 0.481 e. The highest BCUT2D eigenvalue weighted by molar-refractivity contribution is 7.09. The van der Waals surface area contributed by atoms with Crippen molar-refractivity contribution in [3.63, 3.8) is 0 Å². The van der Waals surface area contributed by atoms with E-state index in [2.05, 4.69) is 31.1 Å². The van der Waals surface area contributed by atoms with Gasteiger partial charge in [-0.15, -0.1) is 11.3 Å². The van der Waals surface area contributed by atoms with Gasteiger partial charge in [0.1, 0.15) is 0 Å². The molecule has 2 N–H and O–H groups in total. The fraction of sp³-hybridized carbons (Fsp3) is 0.706. The molecule has 1 fully saturated rings. The van der Waals surface area contributed by atoms with E-state index in [1.807, 2.05) is 5.38 Å². The Bertz CT molecular complexity index is 569. The summed E-state index contributed by atoms with van der Waals surface area (Å²) >= 11 is 1.56. The number of hydrogen-bond donors (Lipinski definition) is 2. The third kappa shape index (κ3) is 4.53. The van der Waals surface area contributed by atoms with Crippen LogP contribution in [0, 0.1) is 5.41 Å². The SMILES string of the molecule is CC(C)(C)c1nc(CC(=O)NCC2(C(=O)O)CCCCC2)cs1. The molecule has 0 unspecified atom stereocenters. The quantitative estimate of drug-likeness (QED) is 0.864. The number of carboxylic acid groups (broad SMARTS) is 1. The van der Waals surface area contributed by atoms with E-state index in [-0.39, 0.29) is 24.3 Å². The van der Waals surface area contributed by atoms with Crippen LogP contribution in [0.1, 0.15) is 63.6 Å². The van der Waals surface area contributed by atoms with Crippen LogP contribution in [0.25, 0.3) is 0 Å². The Labute approximate surface area is 141 Å². The summed E-state index contributed by atoms with van der Waals surface area (Å²) in [6, 6.07) is 0. The minimum absolute atomic E-state index is 0.0190. The fourth-order valence-corrected chi connectivity index (χ4v) is 3.83. The minimum Gasteiger partial charge on any atom is -0.481 e. The third-order valence-electron chi connectivity index (χ3n) is 4.42. The van der Waals surface area contributed by atoms with E-state index in [1.54, 1.807) is 11.3 Å². The van der Waals surface area contributed by atoms with Crippen LogP contribution >= 0.6 is 11.3 Å². The van der Waals surface area contributed by atoms with Crippen LogP contribution in [0.3, 0.4) is 0 Å². The van der Waals surface area contributed by atoms with E-state index in [9.17, 15) is 14.7 Å². The molecule has 1 aromatic heterocycles. The number of thiazole rings is 1. The van der Waals surface area contributed by atoms with Crippen molar-refractivity contribution in [2.75, 3.05) is 6.54 Å². The molecule has 128 valence electrons. The first-order chi connectivity index (χ1) is 10.7. The van der Waals surface area contributed by atoms with E-state index in [0.717, 1.165) is 30.0 Å². The summed E-state index contributed by atoms with van der Waals surface area (Å²) in [7, 11) is 0. The summed E-state index contributed by atoms with van der Waals surface area (Å²) in [5.41, 5.74) is -0.0491. The number of nitrogens with one attached hydrogen (secondary N) is 1. The molecule has 1 aliphatic rings. The van der Waals surface area contributed by atoms with Crippen molar-refractivity contribution in [1.82, 2.24) is 10.3 Å². The fourth-order valence-electron chi connectivity index (χ4n) is 2.92. The van der Waals surface area contributed by atoms with Crippen molar-refractivity contribution in [1.29, 1.82) is 0 Å². The summed E-state index contributed by atoms with van der Waals surface area (Å²) in [5.74, 6) is -0.942. The summed E-state index contributed by atoms with van der Waals surface area (Å²) in [6.45, 7) is 6.50. The predicted molar refractivity (Wildman–Crippen MR) is 90.7 cm³/mol.